The molecule has 5 rings (SSSR count). The van der Waals surface area contributed by atoms with Gasteiger partial charge in [-0.3, -0.25) is 9.78 Å². The first kappa shape index (κ1) is 16.5. The average molecular weight is 358 g/mol. The van der Waals surface area contributed by atoms with Gasteiger partial charge < -0.3 is 9.73 Å². The largest absolute Gasteiger partial charge is 0.460 e. The number of aryl methyl sites for hydroxylation is 1. The molecular weight excluding hydrogens is 336 g/mol. The fraction of sp³-hybridized carbons (Fsp3) is 0.304. The predicted octanol–water partition coefficient (Wildman–Crippen LogP) is 4.60. The normalized spacial score (nSPS) is 17.3. The highest BCUT2D eigenvalue weighted by Gasteiger charge is 2.24. The third kappa shape index (κ3) is 3.00. The Labute approximate surface area is 158 Å². The molecule has 27 heavy (non-hydrogen) atoms. The van der Waals surface area contributed by atoms with Crippen molar-refractivity contribution in [2.75, 3.05) is 13.1 Å². The van der Waals surface area contributed by atoms with Crippen molar-refractivity contribution >= 4 is 5.78 Å². The first-order chi connectivity index (χ1) is 13.3. The summed E-state index contributed by atoms with van der Waals surface area (Å²) in [6.45, 7) is 2.07. The van der Waals surface area contributed by atoms with Crippen LogP contribution >= 0.6 is 0 Å². The van der Waals surface area contributed by atoms with Crippen molar-refractivity contribution in [1.29, 1.82) is 0 Å². The van der Waals surface area contributed by atoms with Crippen molar-refractivity contribution in [3.8, 4) is 22.5 Å². The van der Waals surface area contributed by atoms with E-state index in [2.05, 4.69) is 28.5 Å². The molecule has 4 heteroatoms. The Kier molecular flexibility index (Phi) is 4.13. The molecule has 1 aromatic carbocycles. The maximum atomic E-state index is 12.0. The van der Waals surface area contributed by atoms with Gasteiger partial charge >= 0.3 is 0 Å². The number of rotatable bonds is 3. The number of hydrogen-bond donors (Lipinski definition) is 1. The van der Waals surface area contributed by atoms with E-state index in [1.807, 2.05) is 18.2 Å². The highest BCUT2D eigenvalue weighted by Crippen LogP contribution is 2.40. The Hall–Kier alpha value is -2.72. The molecule has 2 aliphatic rings. The molecule has 1 fully saturated rings. The van der Waals surface area contributed by atoms with Gasteiger partial charge in [-0.2, -0.15) is 0 Å². The summed E-state index contributed by atoms with van der Waals surface area (Å²) >= 11 is 0. The van der Waals surface area contributed by atoms with Gasteiger partial charge in [0.05, 0.1) is 0 Å². The fourth-order valence-electron chi connectivity index (χ4n) is 4.27. The van der Waals surface area contributed by atoms with Crippen LogP contribution in [-0.4, -0.2) is 23.9 Å². The van der Waals surface area contributed by atoms with Crippen molar-refractivity contribution < 1.29 is 9.21 Å². The maximum absolute atomic E-state index is 12.0. The van der Waals surface area contributed by atoms with E-state index >= 15 is 0 Å². The number of carbonyl (C=O) groups excluding carboxylic acids is 1. The lowest BCUT2D eigenvalue weighted by molar-refractivity contribution is 0.0994. The van der Waals surface area contributed by atoms with Gasteiger partial charge in [-0.05, 0) is 61.7 Å². The minimum Gasteiger partial charge on any atom is -0.460 e. The monoisotopic (exact) mass is 358 g/mol. The van der Waals surface area contributed by atoms with E-state index in [1.54, 1.807) is 12.4 Å². The zero-order valence-corrected chi connectivity index (χ0v) is 15.2. The molecule has 1 N–H and O–H groups in total. The number of Topliss-reactive ketones (excluding diaryl/α,β-unsaturated/α-hetero) is 1. The highest BCUT2D eigenvalue weighted by atomic mass is 16.3. The van der Waals surface area contributed by atoms with Gasteiger partial charge in [0, 0.05) is 41.4 Å². The molecule has 0 saturated carbocycles. The Morgan fingerprint density at radius 1 is 0.926 bits per heavy atom. The van der Waals surface area contributed by atoms with Gasteiger partial charge in [0.15, 0.2) is 5.78 Å². The number of ketones is 1. The molecule has 3 heterocycles. The zero-order valence-electron chi connectivity index (χ0n) is 15.2. The maximum Gasteiger partial charge on any atom is 0.163 e. The summed E-state index contributed by atoms with van der Waals surface area (Å²) in [5.74, 6) is 2.68. The van der Waals surface area contributed by atoms with Crippen LogP contribution < -0.4 is 5.32 Å². The van der Waals surface area contributed by atoms with E-state index in [9.17, 15) is 4.79 Å². The van der Waals surface area contributed by atoms with Crippen molar-refractivity contribution in [2.24, 2.45) is 0 Å². The van der Waals surface area contributed by atoms with Gasteiger partial charge in [0.25, 0.3) is 0 Å². The number of carbonyl (C=O) groups is 1. The van der Waals surface area contributed by atoms with Crippen molar-refractivity contribution in [2.45, 2.75) is 31.6 Å². The van der Waals surface area contributed by atoms with Crippen LogP contribution in [-0.2, 0) is 6.42 Å². The third-order valence-electron chi connectivity index (χ3n) is 5.77. The molecule has 1 aliphatic carbocycles. The van der Waals surface area contributed by atoms with Crippen LogP contribution in [0.3, 0.4) is 0 Å². The van der Waals surface area contributed by atoms with Crippen LogP contribution in [0.4, 0.5) is 0 Å². The number of nitrogens with zero attached hydrogens (tertiary/aromatic N) is 1. The van der Waals surface area contributed by atoms with Crippen LogP contribution in [0.5, 0.6) is 0 Å². The standard InChI is InChI=1S/C23H22N2O2/c26-21-4-2-17-13-18(1-3-19(17)21)20-14-22(15-5-9-24-10-6-15)27-23(20)16-7-11-25-12-8-16/h1,3,7-8,11-15,24H,2,4-6,9-10H2. The second-order valence-electron chi connectivity index (χ2n) is 7.45. The Morgan fingerprint density at radius 3 is 2.56 bits per heavy atom. The van der Waals surface area contributed by atoms with E-state index in [1.165, 1.54) is 0 Å². The molecule has 0 bridgehead atoms. The Bertz CT molecular complexity index is 985. The minimum absolute atomic E-state index is 0.258. The molecule has 0 amide bonds. The Balaban J connectivity index is 1.62. The second-order valence-corrected chi connectivity index (χ2v) is 7.45. The van der Waals surface area contributed by atoms with Crippen LogP contribution in [0.1, 0.15) is 46.9 Å². The topological polar surface area (TPSA) is 55.1 Å². The van der Waals surface area contributed by atoms with Gasteiger partial charge in [-0.25, -0.2) is 0 Å². The summed E-state index contributed by atoms with van der Waals surface area (Å²) in [4.78, 5) is 16.1. The van der Waals surface area contributed by atoms with Crippen LogP contribution in [0, 0.1) is 0 Å². The molecule has 1 saturated heterocycles. The summed E-state index contributed by atoms with van der Waals surface area (Å²) in [6, 6.07) is 12.4. The first-order valence-corrected chi connectivity index (χ1v) is 9.71. The third-order valence-corrected chi connectivity index (χ3v) is 5.77. The summed E-state index contributed by atoms with van der Waals surface area (Å²) in [7, 11) is 0. The number of benzene rings is 1. The molecule has 1 aliphatic heterocycles. The molecule has 0 radical (unpaired) electrons. The van der Waals surface area contributed by atoms with Gasteiger partial charge in [-0.1, -0.05) is 18.2 Å². The second kappa shape index (κ2) is 6.78. The van der Waals surface area contributed by atoms with Crippen LogP contribution in [0.15, 0.2) is 53.2 Å². The van der Waals surface area contributed by atoms with E-state index in [0.717, 1.165) is 71.7 Å². The molecule has 2 aromatic heterocycles. The summed E-state index contributed by atoms with van der Waals surface area (Å²) < 4.78 is 6.41. The summed E-state index contributed by atoms with van der Waals surface area (Å²) in [5.41, 5.74) is 5.31. The van der Waals surface area contributed by atoms with Gasteiger partial charge in [0.2, 0.25) is 0 Å². The van der Waals surface area contributed by atoms with E-state index in [0.29, 0.717) is 12.3 Å². The van der Waals surface area contributed by atoms with E-state index in [-0.39, 0.29) is 5.78 Å². The SMILES string of the molecule is O=C1CCc2cc(-c3cc(C4CCNCC4)oc3-c3ccncc3)ccc21. The summed E-state index contributed by atoms with van der Waals surface area (Å²) in [5, 5.41) is 3.42. The number of piperidine rings is 1. The lowest BCUT2D eigenvalue weighted by Gasteiger charge is -2.20. The lowest BCUT2D eigenvalue weighted by atomic mass is 9.93. The molecule has 136 valence electrons. The molecule has 0 unspecified atom stereocenters. The van der Waals surface area contributed by atoms with Gasteiger partial charge in [0.1, 0.15) is 11.5 Å². The van der Waals surface area contributed by atoms with Crippen LogP contribution in [0.2, 0.25) is 0 Å². The number of fused-ring (bicyclic) bond motifs is 1. The fourth-order valence-corrected chi connectivity index (χ4v) is 4.27. The number of furan rings is 1. The number of nitrogens with one attached hydrogen (secondary N) is 1. The van der Waals surface area contributed by atoms with Gasteiger partial charge in [-0.15, -0.1) is 0 Å². The molecule has 0 spiro atoms. The number of aromatic nitrogens is 1. The first-order valence-electron chi connectivity index (χ1n) is 9.71. The quantitative estimate of drug-likeness (QED) is 0.743. The molecule has 3 aromatic rings. The van der Waals surface area contributed by atoms with Crippen LogP contribution in [0.25, 0.3) is 22.5 Å². The van der Waals surface area contributed by atoms with Crippen molar-refractivity contribution in [3.63, 3.8) is 0 Å². The number of pyridine rings is 1. The molecule has 0 atom stereocenters. The molecule has 4 nitrogen and oxygen atoms in total. The Morgan fingerprint density at radius 2 is 1.74 bits per heavy atom. The summed E-state index contributed by atoms with van der Waals surface area (Å²) in [6.07, 6.45) is 7.26. The molecular formula is C23H22N2O2. The smallest absolute Gasteiger partial charge is 0.163 e. The highest BCUT2D eigenvalue weighted by molar-refractivity contribution is 6.01. The predicted molar refractivity (Wildman–Crippen MR) is 105 cm³/mol. The van der Waals surface area contributed by atoms with E-state index < -0.39 is 0 Å². The lowest BCUT2D eigenvalue weighted by Crippen LogP contribution is -2.26. The average Bonchev–Trinajstić information content (AvgIpc) is 3.33. The van der Waals surface area contributed by atoms with Crippen molar-refractivity contribution in [1.82, 2.24) is 10.3 Å². The number of hydrogen-bond acceptors (Lipinski definition) is 4. The van der Waals surface area contributed by atoms with E-state index in [4.69, 9.17) is 4.42 Å². The minimum atomic E-state index is 0.258. The zero-order chi connectivity index (χ0) is 18.2. The van der Waals surface area contributed by atoms with Crippen molar-refractivity contribution in [3.05, 3.63) is 65.7 Å².